The van der Waals surface area contributed by atoms with Gasteiger partial charge in [0.2, 0.25) is 0 Å². The first-order valence-electron chi connectivity index (χ1n) is 7.25. The number of nitrogens with one attached hydrogen (secondary N) is 1. The highest BCUT2D eigenvalue weighted by Gasteiger charge is 2.19. The average molecular weight is 375 g/mol. The van der Waals surface area contributed by atoms with Gasteiger partial charge in [-0.05, 0) is 42.0 Å². The van der Waals surface area contributed by atoms with Crippen molar-refractivity contribution in [3.8, 4) is 6.07 Å². The number of benzene rings is 2. The summed E-state index contributed by atoms with van der Waals surface area (Å²) < 4.78 is 38.0. The van der Waals surface area contributed by atoms with E-state index in [0.29, 0.717) is 16.1 Å². The normalized spacial score (nSPS) is 12.3. The van der Waals surface area contributed by atoms with Crippen LogP contribution in [0.4, 0.5) is 4.39 Å². The van der Waals surface area contributed by atoms with Gasteiger partial charge in [-0.2, -0.15) is 5.26 Å². The number of nitrogens with zero attached hydrogens (tertiary/aromatic N) is 1. The molecule has 0 bridgehead atoms. The average Bonchev–Trinajstić information content (AvgIpc) is 2.96. The maximum absolute atomic E-state index is 12.9. The highest BCUT2D eigenvalue weighted by Crippen LogP contribution is 2.26. The number of allylic oxidation sites excluding steroid dienone is 1. The molecule has 1 heterocycles. The SMILES string of the molecule is N#CC(=Cc1c[nH]c2ccc(Cl)cc12)S(=O)(=O)Cc1ccc(F)cc1. The number of aromatic amines is 1. The minimum absolute atomic E-state index is 0.363. The van der Waals surface area contributed by atoms with Crippen molar-refractivity contribution in [3.05, 3.63) is 75.5 Å². The van der Waals surface area contributed by atoms with E-state index in [2.05, 4.69) is 4.98 Å². The molecular weight excluding hydrogens is 363 g/mol. The highest BCUT2D eigenvalue weighted by molar-refractivity contribution is 7.95. The molecule has 25 heavy (non-hydrogen) atoms. The summed E-state index contributed by atoms with van der Waals surface area (Å²) in [5.41, 5.74) is 1.74. The quantitative estimate of drug-likeness (QED) is 0.686. The van der Waals surface area contributed by atoms with Crippen LogP contribution in [0.1, 0.15) is 11.1 Å². The Labute approximate surface area is 149 Å². The summed E-state index contributed by atoms with van der Waals surface area (Å²) in [7, 11) is -3.86. The van der Waals surface area contributed by atoms with Crippen molar-refractivity contribution < 1.29 is 12.8 Å². The predicted octanol–water partition coefficient (Wildman–Crippen LogP) is 4.44. The number of H-pyrrole nitrogens is 1. The molecule has 0 saturated carbocycles. The highest BCUT2D eigenvalue weighted by atomic mass is 35.5. The van der Waals surface area contributed by atoms with Gasteiger partial charge in [0.1, 0.15) is 16.8 Å². The molecule has 0 amide bonds. The summed E-state index contributed by atoms with van der Waals surface area (Å²) in [5, 5.41) is 10.5. The van der Waals surface area contributed by atoms with Gasteiger partial charge in [0, 0.05) is 27.7 Å². The number of sulfone groups is 1. The number of rotatable bonds is 4. The van der Waals surface area contributed by atoms with Crippen LogP contribution in [0.5, 0.6) is 0 Å². The molecular formula is C18H12ClFN2O2S. The lowest BCUT2D eigenvalue weighted by molar-refractivity contribution is 0.602. The monoisotopic (exact) mass is 374 g/mol. The first-order valence-corrected chi connectivity index (χ1v) is 9.28. The Morgan fingerprint density at radius 3 is 2.64 bits per heavy atom. The maximum Gasteiger partial charge on any atom is 0.192 e. The third-order valence-electron chi connectivity index (χ3n) is 3.68. The molecule has 1 N–H and O–H groups in total. The number of halogens is 2. The van der Waals surface area contributed by atoms with Crippen molar-refractivity contribution in [1.29, 1.82) is 5.26 Å². The molecule has 0 aliphatic carbocycles. The Hall–Kier alpha value is -2.62. The zero-order chi connectivity index (χ0) is 18.0. The van der Waals surface area contributed by atoms with E-state index >= 15 is 0 Å². The Balaban J connectivity index is 2.00. The van der Waals surface area contributed by atoms with E-state index in [9.17, 15) is 18.1 Å². The third-order valence-corrected chi connectivity index (χ3v) is 5.51. The maximum atomic E-state index is 12.9. The number of fused-ring (bicyclic) bond motifs is 1. The molecule has 4 nitrogen and oxygen atoms in total. The molecule has 0 unspecified atom stereocenters. The van der Waals surface area contributed by atoms with Crippen LogP contribution in [0.25, 0.3) is 17.0 Å². The number of hydrogen-bond donors (Lipinski definition) is 1. The fourth-order valence-electron chi connectivity index (χ4n) is 2.44. The summed E-state index contributed by atoms with van der Waals surface area (Å²) in [6.07, 6.45) is 2.93. The van der Waals surface area contributed by atoms with Crippen molar-refractivity contribution in [2.75, 3.05) is 0 Å². The van der Waals surface area contributed by atoms with Crippen molar-refractivity contribution in [1.82, 2.24) is 4.98 Å². The largest absolute Gasteiger partial charge is 0.361 e. The summed E-state index contributed by atoms with van der Waals surface area (Å²) in [6, 6.07) is 12.1. The molecule has 2 aromatic carbocycles. The predicted molar refractivity (Wildman–Crippen MR) is 95.9 cm³/mol. The molecule has 0 atom stereocenters. The second-order valence-electron chi connectivity index (χ2n) is 5.44. The van der Waals surface area contributed by atoms with Crippen LogP contribution < -0.4 is 0 Å². The topological polar surface area (TPSA) is 73.7 Å². The minimum Gasteiger partial charge on any atom is -0.361 e. The molecule has 3 rings (SSSR count). The molecule has 0 radical (unpaired) electrons. The number of nitriles is 1. The summed E-state index contributed by atoms with van der Waals surface area (Å²) in [4.78, 5) is 2.64. The van der Waals surface area contributed by atoms with Gasteiger partial charge in [-0.3, -0.25) is 0 Å². The zero-order valence-corrected chi connectivity index (χ0v) is 14.4. The van der Waals surface area contributed by atoms with Crippen LogP contribution in [0.3, 0.4) is 0 Å². The summed E-state index contributed by atoms with van der Waals surface area (Å²) >= 11 is 5.98. The van der Waals surface area contributed by atoms with Gasteiger partial charge < -0.3 is 4.98 Å². The van der Waals surface area contributed by atoms with Gasteiger partial charge >= 0.3 is 0 Å². The van der Waals surface area contributed by atoms with Crippen LogP contribution in [-0.4, -0.2) is 13.4 Å². The lowest BCUT2D eigenvalue weighted by Crippen LogP contribution is -2.06. The fourth-order valence-corrected chi connectivity index (χ4v) is 3.85. The smallest absolute Gasteiger partial charge is 0.192 e. The standard InChI is InChI=1S/C18H12ClFN2O2S/c19-14-3-6-18-17(8-14)13(10-22-18)7-16(9-21)25(23,24)11-12-1-4-15(20)5-2-12/h1-8,10,22H,11H2. The van der Waals surface area contributed by atoms with Gasteiger partial charge in [0.15, 0.2) is 9.84 Å². The zero-order valence-electron chi connectivity index (χ0n) is 12.8. The second-order valence-corrected chi connectivity index (χ2v) is 7.83. The van der Waals surface area contributed by atoms with Crippen molar-refractivity contribution >= 4 is 38.4 Å². The number of hydrogen-bond acceptors (Lipinski definition) is 3. The van der Waals surface area contributed by atoms with E-state index in [-0.39, 0.29) is 10.7 Å². The molecule has 0 aliphatic rings. The lowest BCUT2D eigenvalue weighted by Gasteiger charge is -2.03. The Morgan fingerprint density at radius 2 is 1.96 bits per heavy atom. The van der Waals surface area contributed by atoms with Crippen molar-refractivity contribution in [2.24, 2.45) is 0 Å². The van der Waals surface area contributed by atoms with Gasteiger partial charge in [-0.15, -0.1) is 0 Å². The first kappa shape index (κ1) is 17.2. The van der Waals surface area contributed by atoms with E-state index in [0.717, 1.165) is 10.9 Å². The van der Waals surface area contributed by atoms with Crippen LogP contribution in [-0.2, 0) is 15.6 Å². The van der Waals surface area contributed by atoms with Gasteiger partial charge in [0.25, 0.3) is 0 Å². The van der Waals surface area contributed by atoms with Crippen LogP contribution in [0.2, 0.25) is 5.02 Å². The Morgan fingerprint density at radius 1 is 1.24 bits per heavy atom. The van der Waals surface area contributed by atoms with Crippen LogP contribution >= 0.6 is 11.6 Å². The summed E-state index contributed by atoms with van der Waals surface area (Å²) in [6.45, 7) is 0. The summed E-state index contributed by atoms with van der Waals surface area (Å²) in [5.74, 6) is -0.830. The molecule has 7 heteroatoms. The Bertz CT molecular complexity index is 1110. The second kappa shape index (κ2) is 6.71. The molecule has 0 saturated heterocycles. The van der Waals surface area contributed by atoms with Crippen molar-refractivity contribution in [2.45, 2.75) is 5.75 Å². The van der Waals surface area contributed by atoms with E-state index in [1.807, 2.05) is 0 Å². The molecule has 0 fully saturated rings. The van der Waals surface area contributed by atoms with E-state index < -0.39 is 15.7 Å². The van der Waals surface area contributed by atoms with Crippen molar-refractivity contribution in [3.63, 3.8) is 0 Å². The van der Waals surface area contributed by atoms with Gasteiger partial charge in [0.05, 0.1) is 5.75 Å². The van der Waals surface area contributed by atoms with Gasteiger partial charge in [-0.25, -0.2) is 12.8 Å². The molecule has 3 aromatic rings. The lowest BCUT2D eigenvalue weighted by atomic mass is 10.1. The number of aromatic nitrogens is 1. The van der Waals surface area contributed by atoms with Gasteiger partial charge in [-0.1, -0.05) is 23.7 Å². The third kappa shape index (κ3) is 3.73. The van der Waals surface area contributed by atoms with E-state index in [1.54, 1.807) is 30.5 Å². The molecule has 0 aliphatic heterocycles. The molecule has 126 valence electrons. The Kier molecular flexibility index (Phi) is 4.62. The minimum atomic E-state index is -3.86. The molecule has 1 aromatic heterocycles. The van der Waals surface area contributed by atoms with Crippen LogP contribution in [0, 0.1) is 17.1 Å². The van der Waals surface area contributed by atoms with E-state index in [4.69, 9.17) is 11.6 Å². The van der Waals surface area contributed by atoms with E-state index in [1.165, 1.54) is 30.3 Å². The van der Waals surface area contributed by atoms with Crippen LogP contribution in [0.15, 0.2) is 53.6 Å². The molecule has 0 spiro atoms. The fraction of sp³-hybridized carbons (Fsp3) is 0.0556. The first-order chi connectivity index (χ1) is 11.9.